The number of nitrogens with zero attached hydrogens (tertiary/aromatic N) is 3. The first kappa shape index (κ1) is 24.2. The molecular formula is C26H32N4O3S. The van der Waals surface area contributed by atoms with Crippen LogP contribution in [0.2, 0.25) is 0 Å². The number of nitrogens with one attached hydrogen (secondary N) is 1. The molecule has 0 saturated carbocycles. The second-order valence-corrected chi connectivity index (χ2v) is 10.8. The zero-order valence-electron chi connectivity index (χ0n) is 19.8. The molecule has 1 fully saturated rings. The van der Waals surface area contributed by atoms with Crippen LogP contribution >= 0.6 is 0 Å². The number of rotatable bonds is 9. The highest BCUT2D eigenvalue weighted by molar-refractivity contribution is 7.89. The Balaban J connectivity index is 1.29. The lowest BCUT2D eigenvalue weighted by Gasteiger charge is -2.15. The quantitative estimate of drug-likeness (QED) is 0.507. The first-order valence-corrected chi connectivity index (χ1v) is 13.2. The van der Waals surface area contributed by atoms with E-state index in [0.29, 0.717) is 43.9 Å². The highest BCUT2D eigenvalue weighted by Gasteiger charge is 2.26. The third kappa shape index (κ3) is 5.56. The Bertz CT molecular complexity index is 1230. The molecular weight excluding hydrogens is 448 g/mol. The number of benzene rings is 2. The smallest absolute Gasteiger partial charge is 0.243 e. The molecule has 0 aliphatic carbocycles. The van der Waals surface area contributed by atoms with E-state index in [0.717, 1.165) is 35.4 Å². The second kappa shape index (κ2) is 10.5. The van der Waals surface area contributed by atoms with E-state index < -0.39 is 10.0 Å². The molecule has 1 N–H and O–H groups in total. The third-order valence-electron chi connectivity index (χ3n) is 6.44. The van der Waals surface area contributed by atoms with Gasteiger partial charge in [0.1, 0.15) is 0 Å². The summed E-state index contributed by atoms with van der Waals surface area (Å²) in [7, 11) is -3.41. The molecule has 3 aromatic rings. The van der Waals surface area contributed by atoms with Crippen molar-refractivity contribution in [3.63, 3.8) is 0 Å². The van der Waals surface area contributed by atoms with Gasteiger partial charge in [0.15, 0.2) is 0 Å². The van der Waals surface area contributed by atoms with Crippen LogP contribution in [0.15, 0.2) is 59.5 Å². The summed E-state index contributed by atoms with van der Waals surface area (Å²) in [6.07, 6.45) is 2.73. The lowest BCUT2D eigenvalue weighted by atomic mass is 10.1. The number of carbonyl (C=O) groups is 1. The molecule has 1 aromatic heterocycles. The highest BCUT2D eigenvalue weighted by atomic mass is 32.2. The molecule has 7 nitrogen and oxygen atoms in total. The van der Waals surface area contributed by atoms with E-state index in [1.807, 2.05) is 36.7 Å². The van der Waals surface area contributed by atoms with Crippen LogP contribution in [0.1, 0.15) is 47.3 Å². The van der Waals surface area contributed by atoms with Gasteiger partial charge in [-0.05, 0) is 56.4 Å². The molecule has 1 aliphatic rings. The monoisotopic (exact) mass is 480 g/mol. The Morgan fingerprint density at radius 3 is 2.32 bits per heavy atom. The van der Waals surface area contributed by atoms with Gasteiger partial charge in [-0.1, -0.05) is 42.5 Å². The van der Waals surface area contributed by atoms with Crippen LogP contribution in [0.25, 0.3) is 0 Å². The van der Waals surface area contributed by atoms with E-state index in [1.54, 1.807) is 28.6 Å². The molecule has 0 radical (unpaired) electrons. The SMILES string of the molecule is Cc1nn(Cc2ccccc2)c(C)c1CNC(=O)CCc1ccc(S(=O)(=O)N2CCCC2)cc1. The summed E-state index contributed by atoms with van der Waals surface area (Å²) < 4.78 is 28.8. The largest absolute Gasteiger partial charge is 0.352 e. The first-order chi connectivity index (χ1) is 16.3. The van der Waals surface area contributed by atoms with Gasteiger partial charge in [0.05, 0.1) is 17.1 Å². The normalized spacial score (nSPS) is 14.4. The van der Waals surface area contributed by atoms with Crippen LogP contribution in [0, 0.1) is 13.8 Å². The fourth-order valence-electron chi connectivity index (χ4n) is 4.34. The Morgan fingerprint density at radius 1 is 0.971 bits per heavy atom. The Kier molecular flexibility index (Phi) is 7.48. The summed E-state index contributed by atoms with van der Waals surface area (Å²) in [6, 6.07) is 17.1. The molecule has 34 heavy (non-hydrogen) atoms. The van der Waals surface area contributed by atoms with Gasteiger partial charge < -0.3 is 5.32 Å². The van der Waals surface area contributed by atoms with E-state index in [2.05, 4.69) is 22.5 Å². The van der Waals surface area contributed by atoms with E-state index >= 15 is 0 Å². The van der Waals surface area contributed by atoms with Crippen LogP contribution in [-0.4, -0.2) is 41.5 Å². The van der Waals surface area contributed by atoms with Crippen molar-refractivity contribution in [1.29, 1.82) is 0 Å². The number of hydrogen-bond donors (Lipinski definition) is 1. The number of aromatic nitrogens is 2. The molecule has 2 aromatic carbocycles. The van der Waals surface area contributed by atoms with Crippen molar-refractivity contribution in [1.82, 2.24) is 19.4 Å². The number of amides is 1. The average Bonchev–Trinajstić information content (AvgIpc) is 3.47. The average molecular weight is 481 g/mol. The zero-order valence-corrected chi connectivity index (χ0v) is 20.6. The van der Waals surface area contributed by atoms with Crippen molar-refractivity contribution in [2.24, 2.45) is 0 Å². The van der Waals surface area contributed by atoms with Gasteiger partial charge in [-0.3, -0.25) is 9.48 Å². The summed E-state index contributed by atoms with van der Waals surface area (Å²) in [4.78, 5) is 12.8. The third-order valence-corrected chi connectivity index (χ3v) is 8.35. The van der Waals surface area contributed by atoms with E-state index in [4.69, 9.17) is 0 Å². The van der Waals surface area contributed by atoms with Gasteiger partial charge in [-0.2, -0.15) is 9.40 Å². The molecule has 180 valence electrons. The van der Waals surface area contributed by atoms with Crippen LogP contribution < -0.4 is 5.32 Å². The van der Waals surface area contributed by atoms with Crippen molar-refractivity contribution in [2.75, 3.05) is 13.1 Å². The van der Waals surface area contributed by atoms with Gasteiger partial charge in [-0.25, -0.2) is 8.42 Å². The van der Waals surface area contributed by atoms with Crippen LogP contribution in [0.4, 0.5) is 0 Å². The van der Waals surface area contributed by atoms with Gasteiger partial charge in [-0.15, -0.1) is 0 Å². The van der Waals surface area contributed by atoms with Crippen molar-refractivity contribution < 1.29 is 13.2 Å². The maximum Gasteiger partial charge on any atom is 0.243 e. The maximum atomic E-state index is 12.6. The van der Waals surface area contributed by atoms with Crippen molar-refractivity contribution in [2.45, 2.75) is 57.5 Å². The predicted octanol–water partition coefficient (Wildman–Crippen LogP) is 3.58. The summed E-state index contributed by atoms with van der Waals surface area (Å²) in [5, 5.41) is 7.65. The summed E-state index contributed by atoms with van der Waals surface area (Å²) >= 11 is 0. The second-order valence-electron chi connectivity index (χ2n) is 8.82. The molecule has 0 bridgehead atoms. The standard InChI is InChI=1S/C26H32N4O3S/c1-20-25(21(2)30(28-20)19-23-8-4-3-5-9-23)18-27-26(31)15-12-22-10-13-24(14-11-22)34(32,33)29-16-6-7-17-29/h3-5,8-11,13-14H,6-7,12,15-19H2,1-2H3,(H,27,31). The molecule has 4 rings (SSSR count). The molecule has 8 heteroatoms. The lowest BCUT2D eigenvalue weighted by Crippen LogP contribution is -2.27. The fourth-order valence-corrected chi connectivity index (χ4v) is 5.86. The summed E-state index contributed by atoms with van der Waals surface area (Å²) in [5.41, 5.74) is 5.14. The van der Waals surface area contributed by atoms with E-state index in [-0.39, 0.29) is 5.91 Å². The van der Waals surface area contributed by atoms with Gasteiger partial charge >= 0.3 is 0 Å². The van der Waals surface area contributed by atoms with Crippen molar-refractivity contribution >= 4 is 15.9 Å². The minimum Gasteiger partial charge on any atom is -0.352 e. The lowest BCUT2D eigenvalue weighted by molar-refractivity contribution is -0.121. The molecule has 0 atom stereocenters. The van der Waals surface area contributed by atoms with Crippen molar-refractivity contribution in [3.8, 4) is 0 Å². The highest BCUT2D eigenvalue weighted by Crippen LogP contribution is 2.21. The van der Waals surface area contributed by atoms with Crippen LogP contribution in [-0.2, 0) is 34.3 Å². The summed E-state index contributed by atoms with van der Waals surface area (Å²) in [6.45, 7) is 6.32. The minimum absolute atomic E-state index is 0.0385. The number of sulfonamides is 1. The van der Waals surface area contributed by atoms with Crippen molar-refractivity contribution in [3.05, 3.63) is 82.7 Å². The number of carbonyl (C=O) groups excluding carboxylic acids is 1. The van der Waals surface area contributed by atoms with E-state index in [9.17, 15) is 13.2 Å². The van der Waals surface area contributed by atoms with E-state index in [1.165, 1.54) is 5.56 Å². The molecule has 1 amide bonds. The minimum atomic E-state index is -3.41. The summed E-state index contributed by atoms with van der Waals surface area (Å²) in [5.74, 6) is -0.0385. The predicted molar refractivity (Wildman–Crippen MR) is 132 cm³/mol. The Morgan fingerprint density at radius 2 is 1.65 bits per heavy atom. The first-order valence-electron chi connectivity index (χ1n) is 11.8. The Labute approximate surface area is 201 Å². The molecule has 0 spiro atoms. The van der Waals surface area contributed by atoms with Crippen LogP contribution in [0.3, 0.4) is 0 Å². The molecule has 1 saturated heterocycles. The van der Waals surface area contributed by atoms with Gasteiger partial charge in [0, 0.05) is 37.3 Å². The Hall–Kier alpha value is -2.97. The topological polar surface area (TPSA) is 84.3 Å². The van der Waals surface area contributed by atoms with Crippen LogP contribution in [0.5, 0.6) is 0 Å². The maximum absolute atomic E-state index is 12.6. The van der Waals surface area contributed by atoms with Gasteiger partial charge in [0.2, 0.25) is 15.9 Å². The zero-order chi connectivity index (χ0) is 24.1. The van der Waals surface area contributed by atoms with Gasteiger partial charge in [0.25, 0.3) is 0 Å². The molecule has 1 aliphatic heterocycles. The molecule has 2 heterocycles. The molecule has 0 unspecified atom stereocenters. The number of hydrogen-bond acceptors (Lipinski definition) is 4. The fraction of sp³-hybridized carbons (Fsp3) is 0.385. The number of aryl methyl sites for hydroxylation is 2.